The van der Waals surface area contributed by atoms with Gasteiger partial charge in [0.05, 0.1) is 29.6 Å². The maximum Gasteiger partial charge on any atom is 0.254 e. The van der Waals surface area contributed by atoms with E-state index in [9.17, 15) is 9.59 Å². The van der Waals surface area contributed by atoms with Crippen LogP contribution in [0.15, 0.2) is 48.7 Å². The van der Waals surface area contributed by atoms with Crippen LogP contribution >= 0.6 is 11.6 Å². The van der Waals surface area contributed by atoms with Gasteiger partial charge in [0.15, 0.2) is 0 Å². The van der Waals surface area contributed by atoms with Crippen LogP contribution in [-0.2, 0) is 9.53 Å². The first-order chi connectivity index (χ1) is 18.2. The number of nitrogens with one attached hydrogen (secondary N) is 2. The number of aromatic nitrogens is 2. The van der Waals surface area contributed by atoms with Crippen molar-refractivity contribution < 1.29 is 18.7 Å². The molecular weight excluding hydrogens is 509 g/mol. The van der Waals surface area contributed by atoms with Crippen LogP contribution in [0, 0.1) is 5.82 Å². The van der Waals surface area contributed by atoms with Crippen molar-refractivity contribution >= 4 is 29.2 Å². The van der Waals surface area contributed by atoms with Gasteiger partial charge in [-0.05, 0) is 55.5 Å². The van der Waals surface area contributed by atoms with E-state index in [-0.39, 0.29) is 35.9 Å². The number of amides is 2. The maximum absolute atomic E-state index is 15.2. The monoisotopic (exact) mass is 539 g/mol. The molecule has 1 heterocycles. The average Bonchev–Trinajstić information content (AvgIpc) is 2.91. The summed E-state index contributed by atoms with van der Waals surface area (Å²) in [7, 11) is 1.73. The van der Waals surface area contributed by atoms with Crippen LogP contribution < -0.4 is 16.4 Å². The first-order valence-corrected chi connectivity index (χ1v) is 12.9. The Bertz CT molecular complexity index is 1310. The highest BCUT2D eigenvalue weighted by atomic mass is 35.5. The number of rotatable bonds is 8. The van der Waals surface area contributed by atoms with Gasteiger partial charge in [0.25, 0.3) is 5.91 Å². The van der Waals surface area contributed by atoms with Crippen molar-refractivity contribution in [1.29, 1.82) is 0 Å². The molecule has 1 atom stereocenters. The zero-order chi connectivity index (χ0) is 27.2. The summed E-state index contributed by atoms with van der Waals surface area (Å²) in [5.74, 6) is -1.19. The number of ether oxygens (including phenoxy) is 1. The first-order valence-electron chi connectivity index (χ1n) is 12.5. The number of nitrogens with two attached hydrogens (primary N) is 1. The molecule has 1 aliphatic rings. The standard InChI is InChI=1S/C28H31ClFN5O3/c1-16(36)32-14-25(18-4-3-5-20(29)12-18)35-28(37)22-11-8-19(13-23(22)30)26-27(31)33-15-24(34-26)17-6-9-21(38-2)10-7-17/h3-5,8,11-13,15,17,21,25H,6-7,9-10,14H2,1-2H3,(H2,31,33)(H,32,36)(H,35,37)/t17?,21?,25-/m1/s1. The minimum atomic E-state index is -0.725. The molecule has 8 nitrogen and oxygen atoms in total. The van der Waals surface area contributed by atoms with Crippen molar-refractivity contribution in [2.75, 3.05) is 19.4 Å². The summed E-state index contributed by atoms with van der Waals surface area (Å²) >= 11 is 6.11. The third kappa shape index (κ3) is 6.65. The molecule has 10 heteroatoms. The van der Waals surface area contributed by atoms with Crippen LogP contribution in [0.5, 0.6) is 0 Å². The number of anilines is 1. The summed E-state index contributed by atoms with van der Waals surface area (Å²) in [6, 6.07) is 10.5. The molecule has 1 saturated carbocycles. The normalized spacial score (nSPS) is 18.0. The third-order valence-corrected chi connectivity index (χ3v) is 7.08. The predicted molar refractivity (Wildman–Crippen MR) is 144 cm³/mol. The summed E-state index contributed by atoms with van der Waals surface area (Å²) in [6.07, 6.45) is 5.68. The SMILES string of the molecule is COC1CCC(c2cnc(N)c(-c3ccc(C(=O)N[C@H](CNC(C)=O)c4cccc(Cl)c4)c(F)c3)n2)CC1. The maximum atomic E-state index is 15.2. The summed E-state index contributed by atoms with van der Waals surface area (Å²) in [6.45, 7) is 1.50. The van der Waals surface area contributed by atoms with Gasteiger partial charge in [-0.25, -0.2) is 14.4 Å². The molecule has 0 unspecified atom stereocenters. The molecule has 1 aliphatic carbocycles. The number of benzene rings is 2. The second-order valence-electron chi connectivity index (χ2n) is 9.45. The van der Waals surface area contributed by atoms with E-state index in [0.29, 0.717) is 21.8 Å². The summed E-state index contributed by atoms with van der Waals surface area (Å²) < 4.78 is 20.7. The van der Waals surface area contributed by atoms with Crippen LogP contribution in [-0.4, -0.2) is 41.5 Å². The van der Waals surface area contributed by atoms with Crippen molar-refractivity contribution in [3.05, 3.63) is 76.3 Å². The van der Waals surface area contributed by atoms with E-state index in [1.54, 1.807) is 43.6 Å². The van der Waals surface area contributed by atoms with Crippen molar-refractivity contribution in [1.82, 2.24) is 20.6 Å². The smallest absolute Gasteiger partial charge is 0.254 e. The molecule has 2 aromatic carbocycles. The van der Waals surface area contributed by atoms with E-state index < -0.39 is 17.8 Å². The molecule has 2 amide bonds. The van der Waals surface area contributed by atoms with Crippen LogP contribution in [0.25, 0.3) is 11.3 Å². The van der Waals surface area contributed by atoms with Crippen molar-refractivity contribution in [2.45, 2.75) is 50.7 Å². The summed E-state index contributed by atoms with van der Waals surface area (Å²) in [5, 5.41) is 5.95. The molecule has 0 spiro atoms. The minimum Gasteiger partial charge on any atom is -0.382 e. The zero-order valence-corrected chi connectivity index (χ0v) is 22.1. The largest absolute Gasteiger partial charge is 0.382 e. The lowest BCUT2D eigenvalue weighted by molar-refractivity contribution is -0.119. The number of halogens is 2. The fourth-order valence-electron chi connectivity index (χ4n) is 4.72. The molecule has 38 heavy (non-hydrogen) atoms. The molecule has 3 aromatic rings. The number of nitrogens with zero attached hydrogens (tertiary/aromatic N) is 2. The molecule has 0 saturated heterocycles. The molecule has 0 aliphatic heterocycles. The minimum absolute atomic E-state index is 0.117. The Hall–Kier alpha value is -3.56. The Morgan fingerprint density at radius 1 is 1.18 bits per heavy atom. The Labute approximate surface area is 226 Å². The van der Waals surface area contributed by atoms with Gasteiger partial charge in [0.1, 0.15) is 17.3 Å². The predicted octanol–water partition coefficient (Wildman–Crippen LogP) is 4.80. The van der Waals surface area contributed by atoms with E-state index in [2.05, 4.69) is 15.6 Å². The fourth-order valence-corrected chi connectivity index (χ4v) is 4.92. The quantitative estimate of drug-likeness (QED) is 0.378. The van der Waals surface area contributed by atoms with Crippen molar-refractivity contribution in [2.24, 2.45) is 0 Å². The van der Waals surface area contributed by atoms with Crippen LogP contribution in [0.4, 0.5) is 10.2 Å². The second-order valence-corrected chi connectivity index (χ2v) is 9.89. The molecular formula is C28H31ClFN5O3. The van der Waals surface area contributed by atoms with Gasteiger partial charge < -0.3 is 21.1 Å². The van der Waals surface area contributed by atoms with E-state index >= 15 is 4.39 Å². The molecule has 4 N–H and O–H groups in total. The first kappa shape index (κ1) is 27.5. The molecule has 1 aromatic heterocycles. The average molecular weight is 540 g/mol. The third-order valence-electron chi connectivity index (χ3n) is 6.84. The van der Waals surface area contributed by atoms with Gasteiger partial charge in [-0.15, -0.1) is 0 Å². The number of hydrogen-bond donors (Lipinski definition) is 3. The molecule has 0 radical (unpaired) electrons. The van der Waals surface area contributed by atoms with Crippen LogP contribution in [0.1, 0.15) is 66.2 Å². The Balaban J connectivity index is 1.54. The van der Waals surface area contributed by atoms with E-state index in [0.717, 1.165) is 31.4 Å². The van der Waals surface area contributed by atoms with Crippen LogP contribution in [0.3, 0.4) is 0 Å². The van der Waals surface area contributed by atoms with E-state index in [1.165, 1.54) is 19.1 Å². The molecule has 0 bridgehead atoms. The molecule has 4 rings (SSSR count). The Morgan fingerprint density at radius 3 is 2.61 bits per heavy atom. The second kappa shape index (κ2) is 12.3. The number of carbonyl (C=O) groups is 2. The summed E-state index contributed by atoms with van der Waals surface area (Å²) in [5.41, 5.74) is 8.25. The van der Waals surface area contributed by atoms with Gasteiger partial charge in [-0.3, -0.25) is 9.59 Å². The number of carbonyl (C=O) groups excluding carboxylic acids is 2. The Morgan fingerprint density at radius 2 is 1.95 bits per heavy atom. The highest BCUT2D eigenvalue weighted by Crippen LogP contribution is 2.34. The van der Waals surface area contributed by atoms with E-state index in [1.807, 2.05) is 0 Å². The van der Waals surface area contributed by atoms with Crippen molar-refractivity contribution in [3.8, 4) is 11.3 Å². The van der Waals surface area contributed by atoms with Gasteiger partial charge in [0.2, 0.25) is 5.91 Å². The number of methoxy groups -OCH3 is 1. The van der Waals surface area contributed by atoms with Gasteiger partial charge in [0, 0.05) is 37.1 Å². The van der Waals surface area contributed by atoms with Crippen molar-refractivity contribution in [3.63, 3.8) is 0 Å². The Kier molecular flexibility index (Phi) is 8.91. The lowest BCUT2D eigenvalue weighted by Gasteiger charge is -2.27. The van der Waals surface area contributed by atoms with E-state index in [4.69, 9.17) is 27.1 Å². The van der Waals surface area contributed by atoms with Gasteiger partial charge >= 0.3 is 0 Å². The molecule has 1 fully saturated rings. The topological polar surface area (TPSA) is 119 Å². The van der Waals surface area contributed by atoms with Crippen LogP contribution in [0.2, 0.25) is 5.02 Å². The lowest BCUT2D eigenvalue weighted by atomic mass is 9.85. The summed E-state index contributed by atoms with van der Waals surface area (Å²) in [4.78, 5) is 33.5. The fraction of sp³-hybridized carbons (Fsp3) is 0.357. The molecule has 200 valence electrons. The van der Waals surface area contributed by atoms with Gasteiger partial charge in [-0.2, -0.15) is 0 Å². The highest BCUT2D eigenvalue weighted by molar-refractivity contribution is 6.30. The zero-order valence-electron chi connectivity index (χ0n) is 21.3. The lowest BCUT2D eigenvalue weighted by Crippen LogP contribution is -2.37. The number of hydrogen-bond acceptors (Lipinski definition) is 6. The number of nitrogen functional groups attached to an aromatic ring is 1. The van der Waals surface area contributed by atoms with Gasteiger partial charge in [-0.1, -0.05) is 29.8 Å². The highest BCUT2D eigenvalue weighted by Gasteiger charge is 2.25.